The van der Waals surface area contributed by atoms with E-state index < -0.39 is 0 Å². The van der Waals surface area contributed by atoms with E-state index in [9.17, 15) is 0 Å². The van der Waals surface area contributed by atoms with Gasteiger partial charge in [0.1, 0.15) is 6.33 Å². The predicted octanol–water partition coefficient (Wildman–Crippen LogP) is 1.44. The molecule has 1 unspecified atom stereocenters. The Morgan fingerprint density at radius 1 is 1.47 bits per heavy atom. The Kier molecular flexibility index (Phi) is 4.88. The molecule has 0 radical (unpaired) electrons. The van der Waals surface area contributed by atoms with Crippen molar-refractivity contribution in [1.29, 1.82) is 0 Å². The normalized spacial score (nSPS) is 21.6. The number of likely N-dealkylation sites (tertiary alicyclic amines) is 1. The van der Waals surface area contributed by atoms with Crippen LogP contribution in [0.15, 0.2) is 18.6 Å². The topological polar surface area (TPSA) is 41.0 Å². The lowest BCUT2D eigenvalue weighted by Gasteiger charge is -2.35. The minimum absolute atomic E-state index is 0.714. The van der Waals surface area contributed by atoms with E-state index >= 15 is 0 Å². The zero-order valence-electron chi connectivity index (χ0n) is 10.6. The van der Waals surface area contributed by atoms with Crippen LogP contribution in [0.2, 0.25) is 0 Å². The van der Waals surface area contributed by atoms with Gasteiger partial charge in [0.25, 0.3) is 0 Å². The van der Waals surface area contributed by atoms with Crippen LogP contribution in [0.5, 0.6) is 0 Å². The molecule has 1 aromatic heterocycles. The van der Waals surface area contributed by atoms with Gasteiger partial charge in [-0.05, 0) is 45.5 Å². The zero-order valence-corrected chi connectivity index (χ0v) is 10.6. The molecular weight excluding hydrogens is 212 g/mol. The highest BCUT2D eigenvalue weighted by Crippen LogP contribution is 2.20. The Bertz CT molecular complexity index is 314. The summed E-state index contributed by atoms with van der Waals surface area (Å²) in [5.74, 6) is 0. The van der Waals surface area contributed by atoms with E-state index in [2.05, 4.69) is 20.2 Å². The first kappa shape index (κ1) is 12.5. The molecule has 2 heterocycles. The van der Waals surface area contributed by atoms with Crippen molar-refractivity contribution < 1.29 is 0 Å². The third kappa shape index (κ3) is 3.75. The van der Waals surface area contributed by atoms with Crippen molar-refractivity contribution in [2.75, 3.05) is 20.1 Å². The van der Waals surface area contributed by atoms with Gasteiger partial charge in [-0.15, -0.1) is 0 Å². The average Bonchev–Trinajstić information content (AvgIpc) is 2.39. The summed E-state index contributed by atoms with van der Waals surface area (Å²) in [7, 11) is 2.03. The molecule has 0 aromatic carbocycles. The summed E-state index contributed by atoms with van der Waals surface area (Å²) in [6, 6.07) is 2.73. The Labute approximate surface area is 103 Å². The summed E-state index contributed by atoms with van der Waals surface area (Å²) >= 11 is 0. The molecule has 1 aromatic rings. The number of hydrogen-bond acceptors (Lipinski definition) is 4. The molecule has 1 aliphatic rings. The standard InChI is InChI=1S/C13H22N4/c1-14-7-6-13-4-2-3-9-17(13)10-12-5-8-15-11-16-12/h5,8,11,13-14H,2-4,6-7,9-10H2,1H3. The van der Waals surface area contributed by atoms with Gasteiger partial charge < -0.3 is 5.32 Å². The van der Waals surface area contributed by atoms with E-state index in [0.717, 1.165) is 18.8 Å². The summed E-state index contributed by atoms with van der Waals surface area (Å²) in [6.07, 6.45) is 8.72. The Hall–Kier alpha value is -1.00. The smallest absolute Gasteiger partial charge is 0.115 e. The Balaban J connectivity index is 1.92. The molecule has 1 fully saturated rings. The number of nitrogens with one attached hydrogen (secondary N) is 1. The molecule has 0 saturated carbocycles. The predicted molar refractivity (Wildman–Crippen MR) is 68.6 cm³/mol. The lowest BCUT2D eigenvalue weighted by atomic mass is 9.99. The lowest BCUT2D eigenvalue weighted by molar-refractivity contribution is 0.131. The van der Waals surface area contributed by atoms with Crippen LogP contribution in [0, 0.1) is 0 Å². The molecule has 94 valence electrons. The van der Waals surface area contributed by atoms with Gasteiger partial charge in [0, 0.05) is 18.8 Å². The monoisotopic (exact) mass is 234 g/mol. The van der Waals surface area contributed by atoms with Gasteiger partial charge in [0.05, 0.1) is 5.69 Å². The number of hydrogen-bond donors (Lipinski definition) is 1. The van der Waals surface area contributed by atoms with Crippen molar-refractivity contribution in [2.45, 2.75) is 38.3 Å². The Morgan fingerprint density at radius 2 is 2.41 bits per heavy atom. The van der Waals surface area contributed by atoms with E-state index in [1.54, 1.807) is 6.33 Å². The van der Waals surface area contributed by atoms with Crippen LogP contribution in [0.1, 0.15) is 31.4 Å². The first-order valence-corrected chi connectivity index (χ1v) is 6.53. The molecule has 0 amide bonds. The molecule has 1 aliphatic heterocycles. The van der Waals surface area contributed by atoms with E-state index in [1.807, 2.05) is 19.3 Å². The second-order valence-corrected chi connectivity index (χ2v) is 4.71. The molecule has 1 atom stereocenters. The summed E-state index contributed by atoms with van der Waals surface area (Å²) in [6.45, 7) is 3.28. The molecule has 0 spiro atoms. The molecule has 2 rings (SSSR count). The highest BCUT2D eigenvalue weighted by Gasteiger charge is 2.21. The first-order chi connectivity index (χ1) is 8.40. The maximum atomic E-state index is 4.32. The molecule has 0 aliphatic carbocycles. The number of nitrogens with zero attached hydrogens (tertiary/aromatic N) is 3. The summed E-state index contributed by atoms with van der Waals surface area (Å²) in [5, 5.41) is 3.25. The van der Waals surface area contributed by atoms with Crippen LogP contribution in [-0.4, -0.2) is 41.0 Å². The van der Waals surface area contributed by atoms with Crippen LogP contribution in [0.4, 0.5) is 0 Å². The van der Waals surface area contributed by atoms with E-state index in [-0.39, 0.29) is 0 Å². The molecule has 17 heavy (non-hydrogen) atoms. The Morgan fingerprint density at radius 3 is 3.18 bits per heavy atom. The summed E-state index contributed by atoms with van der Waals surface area (Å²) in [5.41, 5.74) is 1.14. The van der Waals surface area contributed by atoms with Gasteiger partial charge in [-0.25, -0.2) is 9.97 Å². The first-order valence-electron chi connectivity index (χ1n) is 6.53. The van der Waals surface area contributed by atoms with Crippen molar-refractivity contribution in [3.8, 4) is 0 Å². The van der Waals surface area contributed by atoms with E-state index in [1.165, 1.54) is 32.2 Å². The van der Waals surface area contributed by atoms with Crippen molar-refractivity contribution in [3.63, 3.8) is 0 Å². The van der Waals surface area contributed by atoms with Crippen molar-refractivity contribution in [3.05, 3.63) is 24.3 Å². The molecule has 1 N–H and O–H groups in total. The van der Waals surface area contributed by atoms with Gasteiger partial charge in [-0.3, -0.25) is 4.90 Å². The number of aromatic nitrogens is 2. The fraction of sp³-hybridized carbons (Fsp3) is 0.692. The van der Waals surface area contributed by atoms with E-state index in [4.69, 9.17) is 0 Å². The highest BCUT2D eigenvalue weighted by molar-refractivity contribution is 4.98. The zero-order chi connectivity index (χ0) is 11.9. The van der Waals surface area contributed by atoms with Crippen LogP contribution < -0.4 is 5.32 Å². The summed E-state index contributed by atoms with van der Waals surface area (Å²) in [4.78, 5) is 10.9. The van der Waals surface area contributed by atoms with Crippen LogP contribution in [0.3, 0.4) is 0 Å². The van der Waals surface area contributed by atoms with E-state index in [0.29, 0.717) is 6.04 Å². The third-order valence-electron chi connectivity index (χ3n) is 3.48. The second-order valence-electron chi connectivity index (χ2n) is 4.71. The van der Waals surface area contributed by atoms with Crippen LogP contribution in [-0.2, 0) is 6.54 Å². The molecule has 4 nitrogen and oxygen atoms in total. The fourth-order valence-electron chi connectivity index (χ4n) is 2.53. The molecule has 1 saturated heterocycles. The van der Waals surface area contributed by atoms with Crippen LogP contribution in [0.25, 0.3) is 0 Å². The van der Waals surface area contributed by atoms with Gasteiger partial charge >= 0.3 is 0 Å². The van der Waals surface area contributed by atoms with Gasteiger partial charge in [0.2, 0.25) is 0 Å². The number of piperidine rings is 1. The van der Waals surface area contributed by atoms with Crippen molar-refractivity contribution >= 4 is 0 Å². The van der Waals surface area contributed by atoms with Gasteiger partial charge in [-0.1, -0.05) is 6.42 Å². The fourth-order valence-corrected chi connectivity index (χ4v) is 2.53. The maximum absolute atomic E-state index is 4.32. The largest absolute Gasteiger partial charge is 0.320 e. The molecule has 0 bridgehead atoms. The highest BCUT2D eigenvalue weighted by atomic mass is 15.2. The van der Waals surface area contributed by atoms with Gasteiger partial charge in [-0.2, -0.15) is 0 Å². The van der Waals surface area contributed by atoms with Gasteiger partial charge in [0.15, 0.2) is 0 Å². The maximum Gasteiger partial charge on any atom is 0.115 e. The average molecular weight is 234 g/mol. The van der Waals surface area contributed by atoms with Crippen LogP contribution >= 0.6 is 0 Å². The third-order valence-corrected chi connectivity index (χ3v) is 3.48. The summed E-state index contributed by atoms with van der Waals surface area (Å²) < 4.78 is 0. The molecule has 4 heteroatoms. The van der Waals surface area contributed by atoms with Crippen molar-refractivity contribution in [2.24, 2.45) is 0 Å². The number of rotatable bonds is 5. The lowest BCUT2D eigenvalue weighted by Crippen LogP contribution is -2.40. The minimum atomic E-state index is 0.714. The SMILES string of the molecule is CNCCC1CCCCN1Cc1ccncn1. The molecular formula is C13H22N4. The van der Waals surface area contributed by atoms with Crippen molar-refractivity contribution in [1.82, 2.24) is 20.2 Å². The second kappa shape index (κ2) is 6.67. The quantitative estimate of drug-likeness (QED) is 0.837. The minimum Gasteiger partial charge on any atom is -0.320 e.